The highest BCUT2D eigenvalue weighted by molar-refractivity contribution is 6.30. The van der Waals surface area contributed by atoms with Crippen molar-refractivity contribution in [3.05, 3.63) is 40.3 Å². The number of aromatic nitrogens is 2. The molecule has 1 aromatic heterocycles. The largest absolute Gasteiger partial charge is 0.332 e. The fourth-order valence-corrected chi connectivity index (χ4v) is 1.80. The van der Waals surface area contributed by atoms with E-state index in [1.54, 1.807) is 0 Å². The van der Waals surface area contributed by atoms with Crippen LogP contribution in [0.1, 0.15) is 12.6 Å². The van der Waals surface area contributed by atoms with E-state index in [1.807, 2.05) is 24.3 Å². The highest BCUT2D eigenvalue weighted by Crippen LogP contribution is 2.24. The second kappa shape index (κ2) is 4.25. The zero-order valence-corrected chi connectivity index (χ0v) is 9.73. The normalized spacial score (nSPS) is 10.6. The number of nitrogens with one attached hydrogen (secondary N) is 1. The van der Waals surface area contributed by atoms with Crippen molar-refractivity contribution in [1.82, 2.24) is 9.97 Å². The smallest absolute Gasteiger partial charge is 0.200 e. The first-order valence-electron chi connectivity index (χ1n) is 4.71. The van der Waals surface area contributed by atoms with E-state index in [9.17, 15) is 0 Å². The summed E-state index contributed by atoms with van der Waals surface area (Å²) in [5.41, 5.74) is 2.97. The van der Waals surface area contributed by atoms with Crippen molar-refractivity contribution in [3.63, 3.8) is 0 Å². The molecule has 0 fully saturated rings. The Bertz CT molecular complexity index is 460. The van der Waals surface area contributed by atoms with Crippen LogP contribution in [-0.4, -0.2) is 9.97 Å². The van der Waals surface area contributed by atoms with E-state index in [4.69, 9.17) is 23.2 Å². The van der Waals surface area contributed by atoms with Gasteiger partial charge in [0.15, 0.2) is 0 Å². The molecular weight excluding hydrogens is 231 g/mol. The average molecular weight is 241 g/mol. The fraction of sp³-hybridized carbons (Fsp3) is 0.182. The minimum atomic E-state index is 0.428. The Labute approximate surface area is 98.3 Å². The van der Waals surface area contributed by atoms with Gasteiger partial charge >= 0.3 is 0 Å². The summed E-state index contributed by atoms with van der Waals surface area (Å²) in [6.07, 6.45) is 0.873. The van der Waals surface area contributed by atoms with Crippen LogP contribution in [0.2, 0.25) is 10.3 Å². The Morgan fingerprint density at radius 3 is 2.47 bits per heavy atom. The first-order valence-corrected chi connectivity index (χ1v) is 5.46. The maximum atomic E-state index is 5.83. The molecule has 78 valence electrons. The van der Waals surface area contributed by atoms with Crippen LogP contribution in [0.4, 0.5) is 0 Å². The molecule has 0 saturated carbocycles. The minimum absolute atomic E-state index is 0.428. The second-order valence-corrected chi connectivity index (χ2v) is 4.01. The Balaban J connectivity index is 2.48. The second-order valence-electron chi connectivity index (χ2n) is 3.22. The molecule has 0 radical (unpaired) electrons. The lowest BCUT2D eigenvalue weighted by Crippen LogP contribution is -1.85. The molecule has 1 aromatic carbocycles. The standard InChI is InChI=1S/C11H10Cl2N2/c1-2-9-10(15-11(13)14-9)7-3-5-8(12)6-4-7/h3-6H,2H2,1H3,(H,14,15). The van der Waals surface area contributed by atoms with Gasteiger partial charge in [-0.3, -0.25) is 0 Å². The van der Waals surface area contributed by atoms with Gasteiger partial charge in [0.05, 0.1) is 5.69 Å². The number of rotatable bonds is 2. The third-order valence-corrected chi connectivity index (χ3v) is 2.65. The molecule has 0 unspecified atom stereocenters. The number of aryl methyl sites for hydroxylation is 1. The molecule has 1 N–H and O–H groups in total. The van der Waals surface area contributed by atoms with Crippen LogP contribution in [0.15, 0.2) is 24.3 Å². The lowest BCUT2D eigenvalue weighted by atomic mass is 10.1. The summed E-state index contributed by atoms with van der Waals surface area (Å²) < 4.78 is 0. The van der Waals surface area contributed by atoms with Gasteiger partial charge in [0.25, 0.3) is 0 Å². The van der Waals surface area contributed by atoms with Crippen molar-refractivity contribution in [2.45, 2.75) is 13.3 Å². The number of nitrogens with zero attached hydrogens (tertiary/aromatic N) is 1. The molecule has 2 rings (SSSR count). The number of halogens is 2. The van der Waals surface area contributed by atoms with Gasteiger partial charge in [0, 0.05) is 16.3 Å². The molecule has 2 aromatic rings. The monoisotopic (exact) mass is 240 g/mol. The number of aromatic amines is 1. The lowest BCUT2D eigenvalue weighted by molar-refractivity contribution is 1.07. The Kier molecular flexibility index (Phi) is 2.98. The number of imidazole rings is 1. The first kappa shape index (κ1) is 10.5. The maximum absolute atomic E-state index is 5.83. The summed E-state index contributed by atoms with van der Waals surface area (Å²) in [4.78, 5) is 7.28. The molecule has 2 nitrogen and oxygen atoms in total. The Morgan fingerprint density at radius 2 is 1.87 bits per heavy atom. The summed E-state index contributed by atoms with van der Waals surface area (Å²) in [6, 6.07) is 7.57. The van der Waals surface area contributed by atoms with Crippen molar-refractivity contribution in [3.8, 4) is 11.3 Å². The zero-order chi connectivity index (χ0) is 10.8. The first-order chi connectivity index (χ1) is 7.20. The van der Waals surface area contributed by atoms with E-state index >= 15 is 0 Å². The number of benzene rings is 1. The Morgan fingerprint density at radius 1 is 1.20 bits per heavy atom. The summed E-state index contributed by atoms with van der Waals surface area (Å²) in [5, 5.41) is 1.15. The predicted molar refractivity (Wildman–Crippen MR) is 63.4 cm³/mol. The van der Waals surface area contributed by atoms with E-state index in [1.165, 1.54) is 0 Å². The molecule has 0 atom stereocenters. The van der Waals surface area contributed by atoms with Gasteiger partial charge in [0.1, 0.15) is 0 Å². The van der Waals surface area contributed by atoms with Crippen LogP contribution in [0.5, 0.6) is 0 Å². The molecule has 4 heteroatoms. The quantitative estimate of drug-likeness (QED) is 0.847. The average Bonchev–Trinajstić information content (AvgIpc) is 2.61. The third kappa shape index (κ3) is 2.16. The van der Waals surface area contributed by atoms with E-state index in [2.05, 4.69) is 16.9 Å². The summed E-state index contributed by atoms with van der Waals surface area (Å²) in [5.74, 6) is 0. The summed E-state index contributed by atoms with van der Waals surface area (Å²) in [6.45, 7) is 2.06. The van der Waals surface area contributed by atoms with Crippen LogP contribution in [0, 0.1) is 0 Å². The van der Waals surface area contributed by atoms with E-state index in [0.717, 1.165) is 28.4 Å². The molecule has 0 saturated heterocycles. The van der Waals surface area contributed by atoms with Gasteiger partial charge in [0.2, 0.25) is 5.28 Å². The third-order valence-electron chi connectivity index (χ3n) is 2.22. The molecule has 0 aliphatic carbocycles. The summed E-state index contributed by atoms with van der Waals surface area (Å²) >= 11 is 11.7. The van der Waals surface area contributed by atoms with Crippen LogP contribution >= 0.6 is 23.2 Å². The van der Waals surface area contributed by atoms with Gasteiger partial charge in [-0.25, -0.2) is 4.98 Å². The lowest BCUT2D eigenvalue weighted by Gasteiger charge is -1.99. The van der Waals surface area contributed by atoms with Crippen LogP contribution in [-0.2, 0) is 6.42 Å². The molecule has 0 spiro atoms. The molecule has 0 aliphatic heterocycles. The zero-order valence-electron chi connectivity index (χ0n) is 8.22. The Hall–Kier alpha value is -0.990. The van der Waals surface area contributed by atoms with Gasteiger partial charge in [-0.05, 0) is 30.2 Å². The maximum Gasteiger partial charge on any atom is 0.200 e. The number of H-pyrrole nitrogens is 1. The number of hydrogen-bond acceptors (Lipinski definition) is 1. The molecule has 0 amide bonds. The van der Waals surface area contributed by atoms with Crippen molar-refractivity contribution in [2.24, 2.45) is 0 Å². The topological polar surface area (TPSA) is 28.7 Å². The SMILES string of the molecule is CCc1[nH]c(Cl)nc1-c1ccc(Cl)cc1. The van der Waals surface area contributed by atoms with Gasteiger partial charge in [-0.2, -0.15) is 0 Å². The van der Waals surface area contributed by atoms with Crippen molar-refractivity contribution in [2.75, 3.05) is 0 Å². The van der Waals surface area contributed by atoms with Gasteiger partial charge in [-0.1, -0.05) is 30.7 Å². The van der Waals surface area contributed by atoms with Gasteiger partial charge < -0.3 is 4.98 Å². The summed E-state index contributed by atoms with van der Waals surface area (Å²) in [7, 11) is 0. The van der Waals surface area contributed by atoms with Crippen molar-refractivity contribution in [1.29, 1.82) is 0 Å². The predicted octanol–water partition coefficient (Wildman–Crippen LogP) is 3.95. The van der Waals surface area contributed by atoms with Crippen molar-refractivity contribution >= 4 is 23.2 Å². The molecular formula is C11H10Cl2N2. The molecule has 15 heavy (non-hydrogen) atoms. The minimum Gasteiger partial charge on any atom is -0.332 e. The highest BCUT2D eigenvalue weighted by Gasteiger charge is 2.09. The van der Waals surface area contributed by atoms with E-state index in [0.29, 0.717) is 5.28 Å². The molecule has 1 heterocycles. The molecule has 0 bridgehead atoms. The van der Waals surface area contributed by atoms with E-state index in [-0.39, 0.29) is 0 Å². The van der Waals surface area contributed by atoms with E-state index < -0.39 is 0 Å². The van der Waals surface area contributed by atoms with Crippen molar-refractivity contribution < 1.29 is 0 Å². The van der Waals surface area contributed by atoms with Crippen LogP contribution in [0.25, 0.3) is 11.3 Å². The van der Waals surface area contributed by atoms with Gasteiger partial charge in [-0.15, -0.1) is 0 Å². The fourth-order valence-electron chi connectivity index (χ4n) is 1.48. The van der Waals surface area contributed by atoms with Crippen LogP contribution in [0.3, 0.4) is 0 Å². The highest BCUT2D eigenvalue weighted by atomic mass is 35.5. The van der Waals surface area contributed by atoms with Crippen LogP contribution < -0.4 is 0 Å². The number of hydrogen-bond donors (Lipinski definition) is 1. The molecule has 0 aliphatic rings.